The van der Waals surface area contributed by atoms with Gasteiger partial charge < -0.3 is 10.1 Å². The first-order valence-electron chi connectivity index (χ1n) is 11.2. The largest absolute Gasteiger partial charge is 0.466 e. The third-order valence-electron chi connectivity index (χ3n) is 6.08. The SMILES string of the molecule is CCOC(=O)C1CCCC1Nc1ncnc2c(-c3ccc(Cl)cc3)n(-c3ccccc3Cl)nc12. The van der Waals surface area contributed by atoms with Gasteiger partial charge in [-0.1, -0.05) is 53.9 Å². The normalized spacial score (nSPS) is 17.7. The summed E-state index contributed by atoms with van der Waals surface area (Å²) in [5.74, 6) is 0.185. The zero-order valence-electron chi connectivity index (χ0n) is 18.5. The van der Waals surface area contributed by atoms with Crippen LogP contribution in [-0.4, -0.2) is 38.4 Å². The van der Waals surface area contributed by atoms with Crippen molar-refractivity contribution in [3.63, 3.8) is 0 Å². The van der Waals surface area contributed by atoms with Crippen molar-refractivity contribution in [2.45, 2.75) is 32.2 Å². The topological polar surface area (TPSA) is 81.9 Å². The van der Waals surface area contributed by atoms with E-state index >= 15 is 0 Å². The number of nitrogens with zero attached hydrogens (tertiary/aromatic N) is 4. The molecule has 1 aliphatic rings. The van der Waals surface area contributed by atoms with Crippen molar-refractivity contribution < 1.29 is 9.53 Å². The third kappa shape index (κ3) is 4.21. The van der Waals surface area contributed by atoms with Gasteiger partial charge in [-0.3, -0.25) is 4.79 Å². The average molecular weight is 496 g/mol. The van der Waals surface area contributed by atoms with Gasteiger partial charge >= 0.3 is 5.97 Å². The van der Waals surface area contributed by atoms with Crippen molar-refractivity contribution in [2.24, 2.45) is 5.92 Å². The maximum atomic E-state index is 12.5. The molecule has 5 rings (SSSR count). The van der Waals surface area contributed by atoms with Crippen molar-refractivity contribution in [1.29, 1.82) is 0 Å². The zero-order chi connectivity index (χ0) is 23.7. The number of ether oxygens (including phenoxy) is 1. The first-order chi connectivity index (χ1) is 16.6. The number of esters is 1. The molecular formula is C25H23Cl2N5O2. The van der Waals surface area contributed by atoms with E-state index in [4.69, 9.17) is 33.0 Å². The number of halogens is 2. The van der Waals surface area contributed by atoms with E-state index in [1.807, 2.05) is 55.5 Å². The molecule has 174 valence electrons. The predicted octanol–water partition coefficient (Wildman–Crippen LogP) is 5.93. The number of carbonyl (C=O) groups is 1. The van der Waals surface area contributed by atoms with Crippen molar-refractivity contribution >= 4 is 46.0 Å². The van der Waals surface area contributed by atoms with Gasteiger partial charge in [0.05, 0.1) is 23.2 Å². The highest BCUT2D eigenvalue weighted by molar-refractivity contribution is 6.32. The first-order valence-corrected chi connectivity index (χ1v) is 12.0. The summed E-state index contributed by atoms with van der Waals surface area (Å²) >= 11 is 12.7. The molecule has 0 bridgehead atoms. The Balaban J connectivity index is 1.63. The molecule has 2 atom stereocenters. The number of hydrogen-bond donors (Lipinski definition) is 1. The Bertz CT molecular complexity index is 1340. The number of carbonyl (C=O) groups excluding carboxylic acids is 1. The highest BCUT2D eigenvalue weighted by atomic mass is 35.5. The van der Waals surface area contributed by atoms with Gasteiger partial charge in [0, 0.05) is 16.6 Å². The second kappa shape index (κ2) is 9.60. The maximum absolute atomic E-state index is 12.5. The third-order valence-corrected chi connectivity index (χ3v) is 6.66. The van der Waals surface area contributed by atoms with Crippen LogP contribution in [0.3, 0.4) is 0 Å². The molecule has 4 aromatic rings. The summed E-state index contributed by atoms with van der Waals surface area (Å²) in [6, 6.07) is 14.9. The van der Waals surface area contributed by atoms with Gasteiger partial charge in [-0.15, -0.1) is 0 Å². The number of hydrogen-bond acceptors (Lipinski definition) is 6. The molecule has 2 aromatic heterocycles. The van der Waals surface area contributed by atoms with Crippen molar-refractivity contribution in [1.82, 2.24) is 19.7 Å². The van der Waals surface area contributed by atoms with E-state index in [1.54, 1.807) is 4.68 Å². The number of para-hydroxylation sites is 1. The van der Waals surface area contributed by atoms with E-state index in [-0.39, 0.29) is 17.9 Å². The summed E-state index contributed by atoms with van der Waals surface area (Å²) in [5, 5.41) is 9.55. The molecule has 1 aliphatic carbocycles. The number of aromatic nitrogens is 4. The predicted molar refractivity (Wildman–Crippen MR) is 134 cm³/mol. The molecule has 1 N–H and O–H groups in total. The Labute approximate surface area is 207 Å². The monoisotopic (exact) mass is 495 g/mol. The van der Waals surface area contributed by atoms with Gasteiger partial charge in [0.1, 0.15) is 17.5 Å². The minimum Gasteiger partial charge on any atom is -0.466 e. The lowest BCUT2D eigenvalue weighted by Gasteiger charge is -2.20. The standard InChI is InChI=1S/C25H23Cl2N5O2/c1-2-34-25(33)17-6-5-8-19(17)30-24-22-21(28-14-29-24)23(15-10-12-16(26)13-11-15)32(31-22)20-9-4-3-7-18(20)27/h3-4,7,9-14,17,19H,2,5-6,8H2,1H3,(H,28,29,30). The van der Waals surface area contributed by atoms with Gasteiger partial charge in [0.2, 0.25) is 0 Å². The molecule has 0 aliphatic heterocycles. The summed E-state index contributed by atoms with van der Waals surface area (Å²) in [4.78, 5) is 21.5. The molecule has 9 heteroatoms. The fourth-order valence-electron chi connectivity index (χ4n) is 4.51. The van der Waals surface area contributed by atoms with E-state index in [0.29, 0.717) is 33.5 Å². The molecule has 0 spiro atoms. The highest BCUT2D eigenvalue weighted by Gasteiger charge is 2.35. The second-order valence-corrected chi connectivity index (χ2v) is 9.02. The minimum atomic E-state index is -0.216. The van der Waals surface area contributed by atoms with Crippen LogP contribution in [0.2, 0.25) is 10.0 Å². The number of benzene rings is 2. The lowest BCUT2D eigenvalue weighted by atomic mass is 10.0. The molecule has 2 heterocycles. The van der Waals surface area contributed by atoms with Crippen molar-refractivity contribution in [2.75, 3.05) is 11.9 Å². The highest BCUT2D eigenvalue weighted by Crippen LogP contribution is 2.36. The molecule has 0 saturated heterocycles. The van der Waals surface area contributed by atoms with Crippen LogP contribution in [-0.2, 0) is 9.53 Å². The smallest absolute Gasteiger partial charge is 0.311 e. The molecule has 34 heavy (non-hydrogen) atoms. The molecule has 0 radical (unpaired) electrons. The van der Waals surface area contributed by atoms with Crippen LogP contribution in [0.15, 0.2) is 54.9 Å². The number of rotatable bonds is 6. The Morgan fingerprint density at radius 2 is 1.88 bits per heavy atom. The number of anilines is 1. The van der Waals surface area contributed by atoms with Gasteiger partial charge in [0.15, 0.2) is 11.3 Å². The maximum Gasteiger partial charge on any atom is 0.311 e. The molecule has 7 nitrogen and oxygen atoms in total. The molecular weight excluding hydrogens is 473 g/mol. The van der Waals surface area contributed by atoms with Gasteiger partial charge in [-0.25, -0.2) is 14.6 Å². The zero-order valence-corrected chi connectivity index (χ0v) is 20.1. The van der Waals surface area contributed by atoms with Gasteiger partial charge in [-0.05, 0) is 44.0 Å². The summed E-state index contributed by atoms with van der Waals surface area (Å²) in [7, 11) is 0. The summed E-state index contributed by atoms with van der Waals surface area (Å²) < 4.78 is 7.07. The van der Waals surface area contributed by atoms with Gasteiger partial charge in [-0.2, -0.15) is 5.10 Å². The van der Waals surface area contributed by atoms with E-state index in [2.05, 4.69) is 15.3 Å². The fourth-order valence-corrected chi connectivity index (χ4v) is 4.85. The van der Waals surface area contributed by atoms with E-state index < -0.39 is 0 Å². The number of nitrogens with one attached hydrogen (secondary N) is 1. The average Bonchev–Trinajstić information content (AvgIpc) is 3.45. The summed E-state index contributed by atoms with van der Waals surface area (Å²) in [5.41, 5.74) is 3.66. The van der Waals surface area contributed by atoms with Crippen LogP contribution in [0, 0.1) is 5.92 Å². The molecule has 2 unspecified atom stereocenters. The van der Waals surface area contributed by atoms with Crippen LogP contribution in [0.5, 0.6) is 0 Å². The second-order valence-electron chi connectivity index (χ2n) is 8.18. The lowest BCUT2D eigenvalue weighted by molar-refractivity contribution is -0.148. The molecule has 1 saturated carbocycles. The Kier molecular flexibility index (Phi) is 6.39. The van der Waals surface area contributed by atoms with E-state index in [9.17, 15) is 4.79 Å². The number of fused-ring (bicyclic) bond motifs is 1. The van der Waals surface area contributed by atoms with Crippen LogP contribution < -0.4 is 5.32 Å². The van der Waals surface area contributed by atoms with Crippen molar-refractivity contribution in [3.05, 3.63) is 64.9 Å². The van der Waals surface area contributed by atoms with Crippen LogP contribution in [0.1, 0.15) is 26.2 Å². The van der Waals surface area contributed by atoms with Crippen molar-refractivity contribution in [3.8, 4) is 16.9 Å². The quantitative estimate of drug-likeness (QED) is 0.333. The molecule has 0 amide bonds. The lowest BCUT2D eigenvalue weighted by Crippen LogP contribution is -2.31. The Morgan fingerprint density at radius 3 is 2.65 bits per heavy atom. The van der Waals surface area contributed by atoms with Crippen LogP contribution >= 0.6 is 23.2 Å². The summed E-state index contributed by atoms with van der Waals surface area (Å²) in [6.45, 7) is 2.19. The van der Waals surface area contributed by atoms with E-state index in [1.165, 1.54) is 6.33 Å². The fraction of sp³-hybridized carbons (Fsp3) is 0.280. The first kappa shape index (κ1) is 22.6. The van der Waals surface area contributed by atoms with Crippen LogP contribution in [0.4, 0.5) is 5.82 Å². The Morgan fingerprint density at radius 1 is 1.09 bits per heavy atom. The minimum absolute atomic E-state index is 0.0819. The molecule has 2 aromatic carbocycles. The Hall–Kier alpha value is -3.16. The van der Waals surface area contributed by atoms with Crippen LogP contribution in [0.25, 0.3) is 28.0 Å². The van der Waals surface area contributed by atoms with E-state index in [0.717, 1.165) is 36.2 Å². The summed E-state index contributed by atoms with van der Waals surface area (Å²) in [6.07, 6.45) is 4.09. The van der Waals surface area contributed by atoms with Gasteiger partial charge in [0.25, 0.3) is 0 Å². The molecule has 1 fully saturated rings.